The first-order valence-electron chi connectivity index (χ1n) is 8.15. The van der Waals surface area contributed by atoms with Gasteiger partial charge >= 0.3 is 0 Å². The maximum Gasteiger partial charge on any atom is 0.174 e. The van der Waals surface area contributed by atoms with Crippen LogP contribution in [0.5, 0.6) is 0 Å². The quantitative estimate of drug-likeness (QED) is 0.620. The summed E-state index contributed by atoms with van der Waals surface area (Å²) in [5.74, 6) is -0.768. The summed E-state index contributed by atoms with van der Waals surface area (Å²) in [6.07, 6.45) is 3.66. The van der Waals surface area contributed by atoms with E-state index in [1.54, 1.807) is 12.3 Å². The van der Waals surface area contributed by atoms with E-state index in [-0.39, 0.29) is 18.0 Å². The predicted molar refractivity (Wildman–Crippen MR) is 95.0 cm³/mol. The van der Waals surface area contributed by atoms with Crippen LogP contribution < -0.4 is 0 Å². The number of Topliss-reactive ketones (excluding diaryl/α,β-unsaturated/α-hetero) is 2. The van der Waals surface area contributed by atoms with Gasteiger partial charge in [-0.25, -0.2) is 0 Å². The van der Waals surface area contributed by atoms with Gasteiger partial charge < -0.3 is 0 Å². The monoisotopic (exact) mass is 319 g/mol. The summed E-state index contributed by atoms with van der Waals surface area (Å²) in [6.45, 7) is 7.92. The van der Waals surface area contributed by atoms with Gasteiger partial charge in [-0.05, 0) is 62.1 Å². The molecule has 1 aliphatic rings. The lowest BCUT2D eigenvalue weighted by Gasteiger charge is -2.15. The first kappa shape index (κ1) is 16.3. The molecule has 0 radical (unpaired) electrons. The van der Waals surface area contributed by atoms with E-state index >= 15 is 0 Å². The van der Waals surface area contributed by atoms with Crippen molar-refractivity contribution in [3.8, 4) is 0 Å². The first-order chi connectivity index (χ1) is 11.4. The van der Waals surface area contributed by atoms with Crippen molar-refractivity contribution in [1.82, 2.24) is 4.98 Å². The molecule has 1 saturated carbocycles. The van der Waals surface area contributed by atoms with Crippen LogP contribution in [0, 0.1) is 27.7 Å². The molecule has 3 nitrogen and oxygen atoms in total. The zero-order valence-corrected chi connectivity index (χ0v) is 14.5. The Morgan fingerprint density at radius 1 is 1.04 bits per heavy atom. The Kier molecular flexibility index (Phi) is 4.18. The second kappa shape index (κ2) is 6.16. The third-order valence-corrected chi connectivity index (χ3v) is 4.65. The first-order valence-corrected chi connectivity index (χ1v) is 8.15. The van der Waals surface area contributed by atoms with Crippen LogP contribution in [0.2, 0.25) is 0 Å². The van der Waals surface area contributed by atoms with Crippen molar-refractivity contribution in [2.24, 2.45) is 0 Å². The third-order valence-electron chi connectivity index (χ3n) is 4.65. The molecule has 1 atom stereocenters. The number of aromatic nitrogens is 1. The molecule has 2 aromatic rings. The zero-order valence-electron chi connectivity index (χ0n) is 14.5. The van der Waals surface area contributed by atoms with E-state index in [0.29, 0.717) is 5.57 Å². The molecule has 0 amide bonds. The van der Waals surface area contributed by atoms with E-state index in [0.717, 1.165) is 33.5 Å². The number of hydrogen-bond acceptors (Lipinski definition) is 3. The van der Waals surface area contributed by atoms with Crippen molar-refractivity contribution < 1.29 is 9.59 Å². The number of aryl methyl sites for hydroxylation is 4. The average Bonchev–Trinajstić information content (AvgIpc) is 2.76. The van der Waals surface area contributed by atoms with Crippen molar-refractivity contribution in [3.63, 3.8) is 0 Å². The van der Waals surface area contributed by atoms with Crippen molar-refractivity contribution in [3.05, 3.63) is 69.5 Å². The van der Waals surface area contributed by atoms with Crippen LogP contribution in [0.25, 0.3) is 6.08 Å². The van der Waals surface area contributed by atoms with Crippen LogP contribution in [0.1, 0.15) is 45.8 Å². The summed E-state index contributed by atoms with van der Waals surface area (Å²) < 4.78 is 0. The minimum atomic E-state index is -0.666. The number of benzene rings is 1. The summed E-state index contributed by atoms with van der Waals surface area (Å²) in [5, 5.41) is 0. The van der Waals surface area contributed by atoms with E-state index in [1.807, 2.05) is 52.0 Å². The van der Waals surface area contributed by atoms with Crippen LogP contribution in [0.4, 0.5) is 0 Å². The normalized spacial score (nSPS) is 19.3. The SMILES string of the molecule is Cc1cc(C)c(C2C(=O)C/C(=C\c3ncccc3C)C2=O)c(C)c1. The van der Waals surface area contributed by atoms with Gasteiger partial charge in [0.15, 0.2) is 11.6 Å². The third kappa shape index (κ3) is 2.82. The standard InChI is InChI=1S/C21H21NO2/c1-12-8-14(3)19(15(4)9-12)20-18(23)11-16(21(20)24)10-17-13(2)6-5-7-22-17/h5-10,20H,11H2,1-4H3/b16-10+. The van der Waals surface area contributed by atoms with E-state index in [4.69, 9.17) is 0 Å². The largest absolute Gasteiger partial charge is 0.298 e. The highest BCUT2D eigenvalue weighted by atomic mass is 16.2. The minimum absolute atomic E-state index is 0.0186. The van der Waals surface area contributed by atoms with Crippen molar-refractivity contribution >= 4 is 17.6 Å². The van der Waals surface area contributed by atoms with Gasteiger partial charge in [-0.3, -0.25) is 14.6 Å². The molecule has 0 aliphatic heterocycles. The second-order valence-corrected chi connectivity index (χ2v) is 6.63. The summed E-state index contributed by atoms with van der Waals surface area (Å²) >= 11 is 0. The lowest BCUT2D eigenvalue weighted by Crippen LogP contribution is -2.15. The fraction of sp³-hybridized carbons (Fsp3) is 0.286. The molecule has 0 N–H and O–H groups in total. The topological polar surface area (TPSA) is 47.0 Å². The van der Waals surface area contributed by atoms with E-state index in [2.05, 4.69) is 4.98 Å². The number of allylic oxidation sites excluding steroid dienone is 1. The number of carbonyl (C=O) groups is 2. The average molecular weight is 319 g/mol. The molecule has 0 bridgehead atoms. The maximum absolute atomic E-state index is 12.9. The summed E-state index contributed by atoms with van der Waals surface area (Å²) in [4.78, 5) is 29.8. The van der Waals surface area contributed by atoms with Crippen LogP contribution in [-0.4, -0.2) is 16.6 Å². The number of ketones is 2. The molecule has 0 saturated heterocycles. The summed E-state index contributed by atoms with van der Waals surface area (Å²) in [6, 6.07) is 7.88. The molecule has 24 heavy (non-hydrogen) atoms. The highest BCUT2D eigenvalue weighted by Gasteiger charge is 2.39. The Bertz CT molecular complexity index is 854. The molecule has 3 rings (SSSR count). The van der Waals surface area contributed by atoms with Crippen molar-refractivity contribution in [2.75, 3.05) is 0 Å². The minimum Gasteiger partial charge on any atom is -0.298 e. The molecule has 1 unspecified atom stereocenters. The number of nitrogens with zero attached hydrogens (tertiary/aromatic N) is 1. The van der Waals surface area contributed by atoms with E-state index in [1.165, 1.54) is 0 Å². The Morgan fingerprint density at radius 2 is 1.71 bits per heavy atom. The van der Waals surface area contributed by atoms with Gasteiger partial charge in [0.25, 0.3) is 0 Å². The Morgan fingerprint density at radius 3 is 2.33 bits per heavy atom. The van der Waals surface area contributed by atoms with Crippen LogP contribution in [-0.2, 0) is 9.59 Å². The zero-order chi connectivity index (χ0) is 17.4. The van der Waals surface area contributed by atoms with Gasteiger partial charge in [0.05, 0.1) is 5.69 Å². The van der Waals surface area contributed by atoms with Gasteiger partial charge in [0, 0.05) is 18.2 Å². The van der Waals surface area contributed by atoms with Crippen LogP contribution >= 0.6 is 0 Å². The molecule has 1 aromatic carbocycles. The molecule has 122 valence electrons. The van der Waals surface area contributed by atoms with E-state index in [9.17, 15) is 9.59 Å². The molecular formula is C21H21NO2. The number of pyridine rings is 1. The van der Waals surface area contributed by atoms with E-state index < -0.39 is 5.92 Å². The molecular weight excluding hydrogens is 298 g/mol. The van der Waals surface area contributed by atoms with Gasteiger partial charge in [0.2, 0.25) is 0 Å². The highest BCUT2D eigenvalue weighted by Crippen LogP contribution is 2.36. The molecule has 0 spiro atoms. The lowest BCUT2D eigenvalue weighted by molar-refractivity contribution is -0.123. The fourth-order valence-corrected chi connectivity index (χ4v) is 3.58. The maximum atomic E-state index is 12.9. The van der Waals surface area contributed by atoms with Crippen LogP contribution in [0.3, 0.4) is 0 Å². The summed E-state index contributed by atoms with van der Waals surface area (Å²) in [7, 11) is 0. The molecule has 3 heteroatoms. The molecule has 1 heterocycles. The lowest BCUT2D eigenvalue weighted by atomic mass is 9.87. The van der Waals surface area contributed by atoms with Gasteiger partial charge in [-0.2, -0.15) is 0 Å². The van der Waals surface area contributed by atoms with Crippen molar-refractivity contribution in [2.45, 2.75) is 40.0 Å². The molecule has 1 fully saturated rings. The molecule has 1 aliphatic carbocycles. The number of carbonyl (C=O) groups excluding carboxylic acids is 2. The Balaban J connectivity index is 2.04. The Labute approximate surface area is 142 Å². The number of rotatable bonds is 2. The van der Waals surface area contributed by atoms with Gasteiger partial charge in [-0.1, -0.05) is 23.8 Å². The summed E-state index contributed by atoms with van der Waals surface area (Å²) in [5.41, 5.74) is 6.35. The van der Waals surface area contributed by atoms with Crippen molar-refractivity contribution in [1.29, 1.82) is 0 Å². The fourth-order valence-electron chi connectivity index (χ4n) is 3.58. The van der Waals surface area contributed by atoms with Gasteiger partial charge in [0.1, 0.15) is 5.92 Å². The smallest absolute Gasteiger partial charge is 0.174 e. The highest BCUT2D eigenvalue weighted by molar-refractivity contribution is 6.24. The second-order valence-electron chi connectivity index (χ2n) is 6.63. The Hall–Kier alpha value is -2.55. The van der Waals surface area contributed by atoms with Gasteiger partial charge in [-0.15, -0.1) is 0 Å². The molecule has 1 aromatic heterocycles. The predicted octanol–water partition coefficient (Wildman–Crippen LogP) is 4.02. The van der Waals surface area contributed by atoms with Crippen LogP contribution in [0.15, 0.2) is 36.0 Å². The number of hydrogen-bond donors (Lipinski definition) is 0.